The summed E-state index contributed by atoms with van der Waals surface area (Å²) in [5.74, 6) is -0.546. The van der Waals surface area contributed by atoms with Crippen molar-refractivity contribution in [3.05, 3.63) is 53.9 Å². The van der Waals surface area contributed by atoms with Crippen molar-refractivity contribution in [3.8, 4) is 5.88 Å². The van der Waals surface area contributed by atoms with E-state index in [0.717, 1.165) is 0 Å². The quantitative estimate of drug-likeness (QED) is 0.364. The Labute approximate surface area is 196 Å². The van der Waals surface area contributed by atoms with E-state index in [1.807, 2.05) is 0 Å². The number of pyridine rings is 2. The van der Waals surface area contributed by atoms with Crippen molar-refractivity contribution in [2.45, 2.75) is 25.9 Å². The number of aliphatic hydroxyl groups excluding tert-OH is 1. The zero-order valence-electron chi connectivity index (χ0n) is 19.0. The van der Waals surface area contributed by atoms with Gasteiger partial charge in [0.1, 0.15) is 23.3 Å². The lowest BCUT2D eigenvalue weighted by atomic mass is 10.1. The van der Waals surface area contributed by atoms with Gasteiger partial charge in [-0.05, 0) is 25.8 Å². The van der Waals surface area contributed by atoms with E-state index < -0.39 is 11.9 Å². The van der Waals surface area contributed by atoms with Crippen LogP contribution in [0.5, 0.6) is 5.88 Å². The first kappa shape index (κ1) is 24.6. The molecule has 0 spiro atoms. The molecule has 1 aliphatic heterocycles. The minimum absolute atomic E-state index is 0.00293. The van der Waals surface area contributed by atoms with Crippen molar-refractivity contribution >= 4 is 29.1 Å². The van der Waals surface area contributed by atoms with Gasteiger partial charge in [-0.25, -0.2) is 24.3 Å². The Morgan fingerprint density at radius 1 is 1.26 bits per heavy atom. The van der Waals surface area contributed by atoms with E-state index in [1.54, 1.807) is 17.9 Å². The summed E-state index contributed by atoms with van der Waals surface area (Å²) < 4.78 is 18.9. The van der Waals surface area contributed by atoms with Gasteiger partial charge in [-0.15, -0.1) is 0 Å². The van der Waals surface area contributed by atoms with Crippen LogP contribution in [0, 0.1) is 5.82 Å². The number of amides is 1. The monoisotopic (exact) mass is 470 g/mol. The van der Waals surface area contributed by atoms with Gasteiger partial charge in [0.15, 0.2) is 5.82 Å². The molecule has 0 radical (unpaired) electrons. The number of nitrogens with zero attached hydrogens (tertiary/aromatic N) is 5. The fraction of sp³-hybridized carbons (Fsp3) is 0.318. The highest BCUT2D eigenvalue weighted by molar-refractivity contribution is 6.09. The predicted octanol–water partition coefficient (Wildman–Crippen LogP) is 1.52. The van der Waals surface area contributed by atoms with Gasteiger partial charge in [0, 0.05) is 25.4 Å². The fourth-order valence-corrected chi connectivity index (χ4v) is 3.38. The van der Waals surface area contributed by atoms with Gasteiger partial charge in [-0.1, -0.05) is 6.58 Å². The molecule has 2 aromatic rings. The molecular weight excluding hydrogens is 443 g/mol. The summed E-state index contributed by atoms with van der Waals surface area (Å²) in [6, 6.07) is 2.73. The fourth-order valence-electron chi connectivity index (χ4n) is 3.38. The standard InChI is InChI=1S/C22H27FN8O3/c1-12(24)28-13(2)29-19(25)17-8-14(22(33)31-6-4-16(32)5-7-31)10-26-20(17)30-15-9-18(23)21(34-3)27-11-15/h8-11,16,32H,1,4-7,24H2,2-3H3,(H,26,30)(H2,25,28,29). The van der Waals surface area contributed by atoms with Crippen LogP contribution < -0.4 is 21.5 Å². The minimum Gasteiger partial charge on any atom is -0.479 e. The maximum Gasteiger partial charge on any atom is 0.255 e. The number of ether oxygens (including phenoxy) is 1. The Balaban J connectivity index is 1.99. The van der Waals surface area contributed by atoms with E-state index in [2.05, 4.69) is 31.8 Å². The molecule has 34 heavy (non-hydrogen) atoms. The van der Waals surface area contributed by atoms with E-state index >= 15 is 0 Å². The molecule has 6 N–H and O–H groups in total. The first-order valence-electron chi connectivity index (χ1n) is 10.5. The Morgan fingerprint density at radius 3 is 2.59 bits per heavy atom. The van der Waals surface area contributed by atoms with Crippen molar-refractivity contribution in [3.63, 3.8) is 0 Å². The molecule has 12 heteroatoms. The number of hydrogen-bond acceptors (Lipinski definition) is 8. The van der Waals surface area contributed by atoms with Crippen LogP contribution in [0.2, 0.25) is 0 Å². The zero-order chi connectivity index (χ0) is 24.8. The number of aliphatic hydroxyl groups is 1. The van der Waals surface area contributed by atoms with Crippen LogP contribution in [-0.2, 0) is 0 Å². The van der Waals surface area contributed by atoms with E-state index in [0.29, 0.717) is 25.9 Å². The molecule has 1 amide bonds. The predicted molar refractivity (Wildman–Crippen MR) is 127 cm³/mol. The number of hydrogen-bond donors (Lipinski definition) is 4. The lowest BCUT2D eigenvalue weighted by Gasteiger charge is -2.29. The number of aromatic nitrogens is 2. The Bertz CT molecular complexity index is 1140. The average Bonchev–Trinajstić information content (AvgIpc) is 2.79. The Kier molecular flexibility index (Phi) is 7.74. The second kappa shape index (κ2) is 10.7. The van der Waals surface area contributed by atoms with Crippen LogP contribution in [0.25, 0.3) is 0 Å². The van der Waals surface area contributed by atoms with Crippen LogP contribution in [0.3, 0.4) is 0 Å². The van der Waals surface area contributed by atoms with Gasteiger partial charge < -0.3 is 31.5 Å². The summed E-state index contributed by atoms with van der Waals surface area (Å²) in [6.07, 6.45) is 3.35. The highest BCUT2D eigenvalue weighted by Gasteiger charge is 2.24. The van der Waals surface area contributed by atoms with Crippen LogP contribution in [0.1, 0.15) is 35.7 Å². The Morgan fingerprint density at radius 2 is 1.97 bits per heavy atom. The molecule has 0 aliphatic carbocycles. The van der Waals surface area contributed by atoms with Gasteiger partial charge in [0.25, 0.3) is 5.91 Å². The number of methoxy groups -OCH3 is 1. The summed E-state index contributed by atoms with van der Waals surface area (Å²) in [4.78, 5) is 31.0. The van der Waals surface area contributed by atoms with Gasteiger partial charge in [0.2, 0.25) is 5.88 Å². The van der Waals surface area contributed by atoms with E-state index in [9.17, 15) is 14.3 Å². The molecule has 3 heterocycles. The second-order valence-electron chi connectivity index (χ2n) is 7.63. The number of halogens is 1. The molecule has 0 atom stereocenters. The molecule has 0 unspecified atom stereocenters. The van der Waals surface area contributed by atoms with E-state index in [-0.39, 0.29) is 51.9 Å². The van der Waals surface area contributed by atoms with Crippen molar-refractivity contribution in [2.75, 3.05) is 25.5 Å². The summed E-state index contributed by atoms with van der Waals surface area (Å²) in [5, 5.41) is 12.7. The number of amidine groups is 2. The molecule has 11 nitrogen and oxygen atoms in total. The smallest absolute Gasteiger partial charge is 0.255 e. The molecule has 1 fully saturated rings. The lowest BCUT2D eigenvalue weighted by Crippen LogP contribution is -2.40. The van der Waals surface area contributed by atoms with Crippen LogP contribution >= 0.6 is 0 Å². The Hall–Kier alpha value is -4.06. The summed E-state index contributed by atoms with van der Waals surface area (Å²) in [6.45, 7) is 5.95. The van der Waals surface area contributed by atoms with Crippen molar-refractivity contribution in [1.29, 1.82) is 0 Å². The van der Waals surface area contributed by atoms with Crippen molar-refractivity contribution < 1.29 is 19.0 Å². The number of rotatable bonds is 6. The molecular formula is C22H27FN8O3. The minimum atomic E-state index is -0.667. The largest absolute Gasteiger partial charge is 0.479 e. The highest BCUT2D eigenvalue weighted by atomic mass is 19.1. The van der Waals surface area contributed by atoms with Gasteiger partial charge >= 0.3 is 0 Å². The number of nitrogens with two attached hydrogens (primary N) is 2. The molecule has 1 saturated heterocycles. The lowest BCUT2D eigenvalue weighted by molar-refractivity contribution is 0.0546. The van der Waals surface area contributed by atoms with Gasteiger partial charge in [-0.2, -0.15) is 0 Å². The molecule has 0 saturated carbocycles. The molecule has 3 rings (SSSR count). The third-order valence-electron chi connectivity index (χ3n) is 5.01. The first-order valence-corrected chi connectivity index (χ1v) is 10.5. The number of piperidine rings is 1. The maximum absolute atomic E-state index is 14.1. The maximum atomic E-state index is 14.1. The summed E-state index contributed by atoms with van der Waals surface area (Å²) in [7, 11) is 1.31. The molecule has 1 aliphatic rings. The first-order chi connectivity index (χ1) is 16.2. The number of carbonyl (C=O) groups excluding carboxylic acids is 1. The van der Waals surface area contributed by atoms with Gasteiger partial charge in [-0.3, -0.25) is 4.79 Å². The summed E-state index contributed by atoms with van der Waals surface area (Å²) in [5.41, 5.74) is 12.6. The number of anilines is 2. The number of likely N-dealkylation sites (tertiary alicyclic amines) is 1. The third-order valence-corrected chi connectivity index (χ3v) is 5.01. The van der Waals surface area contributed by atoms with Crippen molar-refractivity contribution in [1.82, 2.24) is 14.9 Å². The summed E-state index contributed by atoms with van der Waals surface area (Å²) >= 11 is 0. The SMILES string of the molecule is C=C(N)N=C(C)N=C(N)c1cc(C(=O)N2CCC(O)CC2)cnc1Nc1cnc(OC)c(F)c1. The van der Waals surface area contributed by atoms with E-state index in [4.69, 9.17) is 16.2 Å². The highest BCUT2D eigenvalue weighted by Crippen LogP contribution is 2.24. The third kappa shape index (κ3) is 6.04. The number of aliphatic imine (C=N–C) groups is 2. The zero-order valence-corrected chi connectivity index (χ0v) is 19.0. The molecule has 0 aromatic carbocycles. The number of nitrogens with one attached hydrogen (secondary N) is 1. The topological polar surface area (TPSA) is 164 Å². The number of carbonyl (C=O) groups is 1. The van der Waals surface area contributed by atoms with Crippen LogP contribution in [-0.4, -0.2) is 63.9 Å². The molecule has 0 bridgehead atoms. The second-order valence-corrected chi connectivity index (χ2v) is 7.63. The molecule has 180 valence electrons. The normalized spacial score (nSPS) is 15.2. The van der Waals surface area contributed by atoms with Crippen molar-refractivity contribution in [2.24, 2.45) is 21.5 Å². The van der Waals surface area contributed by atoms with E-state index in [1.165, 1.54) is 25.6 Å². The van der Waals surface area contributed by atoms with Gasteiger partial charge in [0.05, 0.1) is 36.2 Å². The average molecular weight is 471 g/mol. The van der Waals surface area contributed by atoms with Crippen LogP contribution in [0.15, 0.2) is 46.9 Å². The molecule has 2 aromatic heterocycles. The van der Waals surface area contributed by atoms with Crippen LogP contribution in [0.4, 0.5) is 15.9 Å².